The van der Waals surface area contributed by atoms with Crippen LogP contribution in [0.4, 0.5) is 11.6 Å². The van der Waals surface area contributed by atoms with Gasteiger partial charge in [-0.15, -0.1) is 0 Å². The predicted octanol–water partition coefficient (Wildman–Crippen LogP) is 3.19. The van der Waals surface area contributed by atoms with E-state index in [1.54, 1.807) is 6.07 Å². The Kier molecular flexibility index (Phi) is 4.20. The Balaban J connectivity index is 2.94. The van der Waals surface area contributed by atoms with Crippen molar-refractivity contribution in [2.45, 2.75) is 40.7 Å². The van der Waals surface area contributed by atoms with Crippen LogP contribution in [0.5, 0.6) is 0 Å². The molecule has 4 nitrogen and oxygen atoms in total. The Labute approximate surface area is 108 Å². The highest BCUT2D eigenvalue weighted by atomic mass is 35.5. The predicted molar refractivity (Wildman–Crippen MR) is 73.2 cm³/mol. The van der Waals surface area contributed by atoms with Gasteiger partial charge in [-0.1, -0.05) is 34.6 Å². The molecule has 1 heterocycles. The highest BCUT2D eigenvalue weighted by Gasteiger charge is 2.27. The third kappa shape index (κ3) is 4.04. The van der Waals surface area contributed by atoms with Crippen LogP contribution < -0.4 is 11.1 Å². The van der Waals surface area contributed by atoms with Crippen molar-refractivity contribution < 1.29 is 0 Å². The molecule has 17 heavy (non-hydrogen) atoms. The standard InChI is InChI=1S/C12H21ClN4/c1-7(2)10(12(3,4)5)16-9-6-8(14)15-11(13)17-9/h6-7,10H,1-5H3,(H3,14,15,16,17)/t10-/m0/s1. The van der Waals surface area contributed by atoms with Crippen molar-refractivity contribution >= 4 is 23.2 Å². The summed E-state index contributed by atoms with van der Waals surface area (Å²) in [6.45, 7) is 10.9. The zero-order valence-corrected chi connectivity index (χ0v) is 11.8. The topological polar surface area (TPSA) is 63.8 Å². The number of halogens is 1. The maximum absolute atomic E-state index is 5.79. The van der Waals surface area contributed by atoms with Gasteiger partial charge in [0.1, 0.15) is 11.6 Å². The highest BCUT2D eigenvalue weighted by molar-refractivity contribution is 6.28. The van der Waals surface area contributed by atoms with E-state index in [9.17, 15) is 0 Å². The number of hydrogen-bond donors (Lipinski definition) is 2. The second kappa shape index (κ2) is 5.08. The van der Waals surface area contributed by atoms with E-state index in [0.29, 0.717) is 17.6 Å². The summed E-state index contributed by atoms with van der Waals surface area (Å²) in [5, 5.41) is 3.55. The lowest BCUT2D eigenvalue weighted by atomic mass is 9.80. The average Bonchev–Trinajstić information content (AvgIpc) is 2.10. The fourth-order valence-corrected chi connectivity index (χ4v) is 2.24. The summed E-state index contributed by atoms with van der Waals surface area (Å²) in [5.74, 6) is 1.53. The van der Waals surface area contributed by atoms with E-state index in [0.717, 1.165) is 0 Å². The van der Waals surface area contributed by atoms with Crippen LogP contribution in [0, 0.1) is 11.3 Å². The normalized spacial score (nSPS) is 13.8. The number of anilines is 2. The summed E-state index contributed by atoms with van der Waals surface area (Å²) in [7, 11) is 0. The Morgan fingerprint density at radius 2 is 1.88 bits per heavy atom. The van der Waals surface area contributed by atoms with Gasteiger partial charge in [0, 0.05) is 12.1 Å². The first-order chi connectivity index (χ1) is 7.70. The molecule has 0 aliphatic heterocycles. The monoisotopic (exact) mass is 256 g/mol. The maximum atomic E-state index is 5.79. The van der Waals surface area contributed by atoms with Crippen LogP contribution in [0.25, 0.3) is 0 Å². The summed E-state index contributed by atoms with van der Waals surface area (Å²) >= 11 is 5.79. The van der Waals surface area contributed by atoms with Crippen molar-refractivity contribution in [3.8, 4) is 0 Å². The molecule has 1 atom stereocenters. The lowest BCUT2D eigenvalue weighted by molar-refractivity contribution is 0.280. The zero-order chi connectivity index (χ0) is 13.2. The number of hydrogen-bond acceptors (Lipinski definition) is 4. The van der Waals surface area contributed by atoms with Crippen LogP contribution in [0.1, 0.15) is 34.6 Å². The second-order valence-corrected chi connectivity index (χ2v) is 6.02. The second-order valence-electron chi connectivity index (χ2n) is 5.68. The van der Waals surface area contributed by atoms with Gasteiger partial charge in [-0.2, -0.15) is 0 Å². The molecule has 1 aromatic heterocycles. The molecule has 0 saturated carbocycles. The number of nitrogens with two attached hydrogens (primary N) is 1. The number of nitrogens with one attached hydrogen (secondary N) is 1. The van der Waals surface area contributed by atoms with Gasteiger partial charge in [-0.05, 0) is 22.9 Å². The molecule has 96 valence electrons. The molecular formula is C12H21ClN4. The number of nitrogen functional groups attached to an aromatic ring is 1. The van der Waals surface area contributed by atoms with Crippen LogP contribution in [0.15, 0.2) is 6.07 Å². The van der Waals surface area contributed by atoms with E-state index in [1.165, 1.54) is 0 Å². The molecule has 0 amide bonds. The summed E-state index contributed by atoms with van der Waals surface area (Å²) in [6.07, 6.45) is 0. The van der Waals surface area contributed by atoms with Gasteiger partial charge in [0.05, 0.1) is 0 Å². The number of rotatable bonds is 3. The molecule has 0 saturated heterocycles. The Hall–Kier alpha value is -1.03. The lowest BCUT2D eigenvalue weighted by Crippen LogP contribution is -2.38. The van der Waals surface area contributed by atoms with E-state index in [4.69, 9.17) is 17.3 Å². The SMILES string of the molecule is CC(C)[C@H](Nc1cc(N)nc(Cl)n1)C(C)(C)C. The molecule has 0 bridgehead atoms. The van der Waals surface area contributed by atoms with Crippen molar-refractivity contribution in [2.24, 2.45) is 11.3 Å². The van der Waals surface area contributed by atoms with E-state index >= 15 is 0 Å². The average molecular weight is 257 g/mol. The van der Waals surface area contributed by atoms with Gasteiger partial charge >= 0.3 is 0 Å². The minimum Gasteiger partial charge on any atom is -0.383 e. The lowest BCUT2D eigenvalue weighted by Gasteiger charge is -2.35. The fraction of sp³-hybridized carbons (Fsp3) is 0.667. The molecule has 5 heteroatoms. The number of aromatic nitrogens is 2. The molecule has 0 fully saturated rings. The molecule has 3 N–H and O–H groups in total. The van der Waals surface area contributed by atoms with Crippen LogP contribution in [-0.2, 0) is 0 Å². The Bertz CT molecular complexity index is 364. The van der Waals surface area contributed by atoms with Gasteiger partial charge in [-0.25, -0.2) is 9.97 Å². The fourth-order valence-electron chi connectivity index (χ4n) is 2.05. The third-order valence-corrected chi connectivity index (χ3v) is 2.79. The molecule has 1 aromatic rings. The third-order valence-electron chi connectivity index (χ3n) is 2.62. The molecule has 0 spiro atoms. The summed E-state index contributed by atoms with van der Waals surface area (Å²) in [6, 6.07) is 1.99. The highest BCUT2D eigenvalue weighted by Crippen LogP contribution is 2.28. The smallest absolute Gasteiger partial charge is 0.226 e. The van der Waals surface area contributed by atoms with Gasteiger partial charge in [0.2, 0.25) is 5.28 Å². The quantitative estimate of drug-likeness (QED) is 0.816. The molecular weight excluding hydrogens is 236 g/mol. The van der Waals surface area contributed by atoms with Gasteiger partial charge in [0.15, 0.2) is 0 Å². The molecule has 1 rings (SSSR count). The minimum atomic E-state index is 0.125. The van der Waals surface area contributed by atoms with E-state index in [1.807, 2.05) is 0 Å². The van der Waals surface area contributed by atoms with E-state index in [-0.39, 0.29) is 16.7 Å². The van der Waals surface area contributed by atoms with Gasteiger partial charge in [-0.3, -0.25) is 0 Å². The maximum Gasteiger partial charge on any atom is 0.226 e. The van der Waals surface area contributed by atoms with Crippen molar-refractivity contribution in [1.29, 1.82) is 0 Å². The molecule has 0 aromatic carbocycles. The molecule has 0 unspecified atom stereocenters. The summed E-state index contributed by atoms with van der Waals surface area (Å²) in [4.78, 5) is 7.97. The van der Waals surface area contributed by atoms with Crippen LogP contribution in [0.3, 0.4) is 0 Å². The van der Waals surface area contributed by atoms with Crippen LogP contribution in [-0.4, -0.2) is 16.0 Å². The van der Waals surface area contributed by atoms with Gasteiger partial charge < -0.3 is 11.1 Å². The first kappa shape index (κ1) is 14.0. The molecule has 0 radical (unpaired) electrons. The van der Waals surface area contributed by atoms with Crippen LogP contribution in [0.2, 0.25) is 5.28 Å². The summed E-state index contributed by atoms with van der Waals surface area (Å²) < 4.78 is 0. The first-order valence-electron chi connectivity index (χ1n) is 5.76. The van der Waals surface area contributed by atoms with E-state index in [2.05, 4.69) is 49.9 Å². The van der Waals surface area contributed by atoms with Crippen molar-refractivity contribution in [3.63, 3.8) is 0 Å². The Morgan fingerprint density at radius 1 is 1.29 bits per heavy atom. The zero-order valence-electron chi connectivity index (χ0n) is 11.1. The Morgan fingerprint density at radius 3 is 2.29 bits per heavy atom. The molecule has 0 aliphatic rings. The van der Waals surface area contributed by atoms with Crippen molar-refractivity contribution in [2.75, 3.05) is 11.1 Å². The van der Waals surface area contributed by atoms with Crippen molar-refractivity contribution in [3.05, 3.63) is 11.3 Å². The van der Waals surface area contributed by atoms with E-state index < -0.39 is 0 Å². The van der Waals surface area contributed by atoms with Crippen LogP contribution >= 0.6 is 11.6 Å². The van der Waals surface area contributed by atoms with Crippen molar-refractivity contribution in [1.82, 2.24) is 9.97 Å². The summed E-state index contributed by atoms with van der Waals surface area (Å²) in [5.41, 5.74) is 5.77. The first-order valence-corrected chi connectivity index (χ1v) is 6.14. The van der Waals surface area contributed by atoms with Gasteiger partial charge in [0.25, 0.3) is 0 Å². The minimum absolute atomic E-state index is 0.125. The number of nitrogens with zero attached hydrogens (tertiary/aromatic N) is 2. The molecule has 0 aliphatic carbocycles. The largest absolute Gasteiger partial charge is 0.383 e.